The molecule has 0 fully saturated rings. The maximum atomic E-state index is 9.51. The quantitative estimate of drug-likeness (QED) is 0.807. The molecule has 0 aliphatic carbocycles. The number of phenols is 1. The van der Waals surface area contributed by atoms with Crippen LogP contribution in [0.25, 0.3) is 0 Å². The maximum Gasteiger partial charge on any atom is 0.161 e. The molecule has 0 saturated heterocycles. The summed E-state index contributed by atoms with van der Waals surface area (Å²) in [5, 5.41) is 9.51. The van der Waals surface area contributed by atoms with Crippen LogP contribution in [0.15, 0.2) is 18.2 Å². The molecule has 1 aromatic carbocycles. The van der Waals surface area contributed by atoms with Gasteiger partial charge in [-0.2, -0.15) is 0 Å². The third kappa shape index (κ3) is 4.11. The van der Waals surface area contributed by atoms with Gasteiger partial charge >= 0.3 is 0 Å². The van der Waals surface area contributed by atoms with Gasteiger partial charge in [-0.05, 0) is 30.5 Å². The van der Waals surface area contributed by atoms with E-state index in [1.807, 2.05) is 19.1 Å². The summed E-state index contributed by atoms with van der Waals surface area (Å²) in [5.41, 5.74) is 1.02. The third-order valence-corrected chi connectivity index (χ3v) is 2.04. The lowest BCUT2D eigenvalue weighted by Gasteiger charge is -2.10. The molecule has 0 spiro atoms. The lowest BCUT2D eigenvalue weighted by atomic mass is 10.2. The summed E-state index contributed by atoms with van der Waals surface area (Å²) < 4.78 is 10.8. The first-order valence-electron chi connectivity index (χ1n) is 5.66. The largest absolute Gasteiger partial charge is 0.504 e. The van der Waals surface area contributed by atoms with Crippen molar-refractivity contribution in [1.29, 1.82) is 0 Å². The number of hydrogen-bond acceptors (Lipinski definition) is 3. The van der Waals surface area contributed by atoms with E-state index >= 15 is 0 Å². The van der Waals surface area contributed by atoms with E-state index in [0.29, 0.717) is 24.9 Å². The minimum absolute atomic E-state index is 0.175. The van der Waals surface area contributed by atoms with Crippen molar-refractivity contribution in [2.75, 3.05) is 13.2 Å². The van der Waals surface area contributed by atoms with Gasteiger partial charge in [0, 0.05) is 6.61 Å². The molecular weight excluding hydrogens is 204 g/mol. The van der Waals surface area contributed by atoms with E-state index < -0.39 is 0 Å². The Bertz CT molecular complexity index is 321. The second kappa shape index (κ2) is 6.38. The fourth-order valence-electron chi connectivity index (χ4n) is 1.33. The highest BCUT2D eigenvalue weighted by Crippen LogP contribution is 2.27. The average molecular weight is 224 g/mol. The molecule has 0 amide bonds. The smallest absolute Gasteiger partial charge is 0.161 e. The van der Waals surface area contributed by atoms with Gasteiger partial charge in [0.25, 0.3) is 0 Å². The Labute approximate surface area is 97.0 Å². The molecule has 0 heterocycles. The van der Waals surface area contributed by atoms with E-state index in [-0.39, 0.29) is 5.75 Å². The standard InChI is InChI=1S/C13H20O3/c1-4-16-13-7-11(5-6-12(13)14)9-15-8-10(2)3/h5-7,10,14H,4,8-9H2,1-3H3. The van der Waals surface area contributed by atoms with Gasteiger partial charge in [0.1, 0.15) is 0 Å². The first-order chi connectivity index (χ1) is 7.63. The minimum Gasteiger partial charge on any atom is -0.504 e. The SMILES string of the molecule is CCOc1cc(COCC(C)C)ccc1O. The summed E-state index contributed by atoms with van der Waals surface area (Å²) in [5.74, 6) is 1.23. The molecule has 0 aliphatic rings. The van der Waals surface area contributed by atoms with Gasteiger partial charge in [-0.15, -0.1) is 0 Å². The van der Waals surface area contributed by atoms with Crippen molar-refractivity contribution in [1.82, 2.24) is 0 Å². The highest BCUT2D eigenvalue weighted by atomic mass is 16.5. The number of phenolic OH excluding ortho intramolecular Hbond substituents is 1. The van der Waals surface area contributed by atoms with Gasteiger partial charge < -0.3 is 14.6 Å². The Morgan fingerprint density at radius 2 is 2.06 bits per heavy atom. The number of ether oxygens (including phenoxy) is 2. The van der Waals surface area contributed by atoms with Crippen LogP contribution in [0.5, 0.6) is 11.5 Å². The van der Waals surface area contributed by atoms with Gasteiger partial charge in [0.05, 0.1) is 13.2 Å². The maximum absolute atomic E-state index is 9.51. The molecule has 0 atom stereocenters. The van der Waals surface area contributed by atoms with Crippen molar-refractivity contribution < 1.29 is 14.6 Å². The molecular formula is C13H20O3. The molecule has 16 heavy (non-hydrogen) atoms. The third-order valence-electron chi connectivity index (χ3n) is 2.04. The highest BCUT2D eigenvalue weighted by molar-refractivity contribution is 5.41. The lowest BCUT2D eigenvalue weighted by molar-refractivity contribution is 0.0969. The predicted molar refractivity (Wildman–Crippen MR) is 63.8 cm³/mol. The van der Waals surface area contributed by atoms with Crippen LogP contribution >= 0.6 is 0 Å². The summed E-state index contributed by atoms with van der Waals surface area (Å²) in [6, 6.07) is 5.30. The molecule has 0 aliphatic heterocycles. The molecule has 1 rings (SSSR count). The Morgan fingerprint density at radius 3 is 2.69 bits per heavy atom. The fourth-order valence-corrected chi connectivity index (χ4v) is 1.33. The zero-order valence-electron chi connectivity index (χ0n) is 10.2. The van der Waals surface area contributed by atoms with E-state index in [9.17, 15) is 5.11 Å². The van der Waals surface area contributed by atoms with Crippen LogP contribution in [-0.2, 0) is 11.3 Å². The molecule has 3 heteroatoms. The molecule has 0 bridgehead atoms. The number of aromatic hydroxyl groups is 1. The van der Waals surface area contributed by atoms with Crippen molar-refractivity contribution in [2.45, 2.75) is 27.4 Å². The molecule has 0 aromatic heterocycles. The van der Waals surface area contributed by atoms with Crippen LogP contribution in [0.3, 0.4) is 0 Å². The Kier molecular flexibility index (Phi) is 5.12. The van der Waals surface area contributed by atoms with Crippen LogP contribution in [0, 0.1) is 5.92 Å². The van der Waals surface area contributed by atoms with E-state index in [4.69, 9.17) is 9.47 Å². The van der Waals surface area contributed by atoms with Crippen molar-refractivity contribution in [3.05, 3.63) is 23.8 Å². The highest BCUT2D eigenvalue weighted by Gasteiger charge is 2.03. The van der Waals surface area contributed by atoms with Gasteiger partial charge in [-0.3, -0.25) is 0 Å². The Balaban J connectivity index is 2.56. The monoisotopic (exact) mass is 224 g/mol. The van der Waals surface area contributed by atoms with Crippen LogP contribution in [0.1, 0.15) is 26.3 Å². The second-order valence-corrected chi connectivity index (χ2v) is 4.14. The first-order valence-corrected chi connectivity index (χ1v) is 5.66. The minimum atomic E-state index is 0.175. The van der Waals surface area contributed by atoms with Gasteiger partial charge in [0.15, 0.2) is 11.5 Å². The number of rotatable bonds is 6. The van der Waals surface area contributed by atoms with Gasteiger partial charge in [0.2, 0.25) is 0 Å². The zero-order chi connectivity index (χ0) is 12.0. The van der Waals surface area contributed by atoms with Crippen LogP contribution in [0.2, 0.25) is 0 Å². The Morgan fingerprint density at radius 1 is 1.31 bits per heavy atom. The van der Waals surface area contributed by atoms with E-state index in [1.165, 1.54) is 0 Å². The summed E-state index contributed by atoms with van der Waals surface area (Å²) in [6.07, 6.45) is 0. The van der Waals surface area contributed by atoms with Crippen molar-refractivity contribution in [2.24, 2.45) is 5.92 Å². The van der Waals surface area contributed by atoms with Crippen molar-refractivity contribution in [3.8, 4) is 11.5 Å². The van der Waals surface area contributed by atoms with E-state index in [1.54, 1.807) is 6.07 Å². The zero-order valence-corrected chi connectivity index (χ0v) is 10.2. The van der Waals surface area contributed by atoms with E-state index in [2.05, 4.69) is 13.8 Å². The molecule has 90 valence electrons. The van der Waals surface area contributed by atoms with Crippen molar-refractivity contribution in [3.63, 3.8) is 0 Å². The normalized spacial score (nSPS) is 10.8. The van der Waals surface area contributed by atoms with Crippen LogP contribution < -0.4 is 4.74 Å². The van der Waals surface area contributed by atoms with Crippen LogP contribution in [0.4, 0.5) is 0 Å². The topological polar surface area (TPSA) is 38.7 Å². The molecule has 3 nitrogen and oxygen atoms in total. The first kappa shape index (κ1) is 12.8. The summed E-state index contributed by atoms with van der Waals surface area (Å²) in [7, 11) is 0. The Hall–Kier alpha value is -1.22. The number of hydrogen-bond donors (Lipinski definition) is 1. The van der Waals surface area contributed by atoms with Crippen LogP contribution in [-0.4, -0.2) is 18.3 Å². The molecule has 0 radical (unpaired) electrons. The predicted octanol–water partition coefficient (Wildman–Crippen LogP) is 2.96. The van der Waals surface area contributed by atoms with Crippen molar-refractivity contribution >= 4 is 0 Å². The second-order valence-electron chi connectivity index (χ2n) is 4.14. The lowest BCUT2D eigenvalue weighted by Crippen LogP contribution is -2.02. The summed E-state index contributed by atoms with van der Waals surface area (Å²) in [4.78, 5) is 0. The summed E-state index contributed by atoms with van der Waals surface area (Å²) >= 11 is 0. The molecule has 0 saturated carbocycles. The average Bonchev–Trinajstić information content (AvgIpc) is 2.22. The molecule has 1 aromatic rings. The molecule has 0 unspecified atom stereocenters. The fraction of sp³-hybridized carbons (Fsp3) is 0.538. The molecule has 1 N–H and O–H groups in total. The van der Waals surface area contributed by atoms with Gasteiger partial charge in [-0.25, -0.2) is 0 Å². The van der Waals surface area contributed by atoms with E-state index in [0.717, 1.165) is 12.2 Å². The van der Waals surface area contributed by atoms with Gasteiger partial charge in [-0.1, -0.05) is 19.9 Å². The summed E-state index contributed by atoms with van der Waals surface area (Å²) in [6.45, 7) is 7.96. The number of benzene rings is 1.